The van der Waals surface area contributed by atoms with Crippen LogP contribution in [-0.4, -0.2) is 16.9 Å². The van der Waals surface area contributed by atoms with Gasteiger partial charge in [-0.3, -0.25) is 10.1 Å². The molecule has 0 radical (unpaired) electrons. The zero-order valence-electron chi connectivity index (χ0n) is 12.7. The quantitative estimate of drug-likeness (QED) is 0.474. The molecule has 4 nitrogen and oxygen atoms in total. The van der Waals surface area contributed by atoms with Crippen molar-refractivity contribution in [3.05, 3.63) is 21.4 Å². The first-order chi connectivity index (χ1) is 9.77. The number of carbonyl (C=O) groups is 1. The molecule has 0 unspecified atom stereocenters. The second kappa shape index (κ2) is 6.23. The molecule has 0 atom stereocenters. The second-order valence-electron chi connectivity index (χ2n) is 6.27. The highest BCUT2D eigenvalue weighted by Gasteiger charge is 2.19. The van der Waals surface area contributed by atoms with Crippen LogP contribution in [-0.2, 0) is 12.8 Å². The van der Waals surface area contributed by atoms with Crippen molar-refractivity contribution < 1.29 is 4.79 Å². The molecule has 0 saturated heterocycles. The van der Waals surface area contributed by atoms with Crippen LogP contribution < -0.4 is 11.1 Å². The monoisotopic (exact) mass is 323 g/mol. The standard InChI is InChI=1S/C15H21N3OS2/c1-15(2,3)13(16)18-14(20)17-12(19)11-8-9-6-4-5-7-10(9)21-11/h8H,4-7H2,1-3H3,(H3,16,17,18,19,20). The number of nitrogens with one attached hydrogen (secondary N) is 1. The molecule has 1 aromatic rings. The predicted octanol–water partition coefficient (Wildman–Crippen LogP) is 3.04. The van der Waals surface area contributed by atoms with Crippen molar-refractivity contribution in [3.63, 3.8) is 0 Å². The van der Waals surface area contributed by atoms with E-state index in [-0.39, 0.29) is 16.4 Å². The Morgan fingerprint density at radius 1 is 1.38 bits per heavy atom. The smallest absolute Gasteiger partial charge is 0.267 e. The van der Waals surface area contributed by atoms with Gasteiger partial charge in [-0.1, -0.05) is 20.8 Å². The fourth-order valence-electron chi connectivity index (χ4n) is 2.07. The Morgan fingerprint density at radius 3 is 2.67 bits per heavy atom. The summed E-state index contributed by atoms with van der Waals surface area (Å²) in [5.41, 5.74) is 6.90. The van der Waals surface area contributed by atoms with Crippen LogP contribution in [0.15, 0.2) is 11.1 Å². The highest BCUT2D eigenvalue weighted by Crippen LogP contribution is 2.29. The van der Waals surface area contributed by atoms with Crippen LogP contribution in [0.1, 0.15) is 53.7 Å². The van der Waals surface area contributed by atoms with Crippen LogP contribution in [0, 0.1) is 5.41 Å². The van der Waals surface area contributed by atoms with Gasteiger partial charge in [0.2, 0.25) is 5.11 Å². The molecule has 3 N–H and O–H groups in total. The van der Waals surface area contributed by atoms with Crippen LogP contribution >= 0.6 is 23.6 Å². The Balaban J connectivity index is 2.04. The van der Waals surface area contributed by atoms with Gasteiger partial charge >= 0.3 is 0 Å². The first-order valence-corrected chi connectivity index (χ1v) is 8.31. The summed E-state index contributed by atoms with van der Waals surface area (Å²) in [6.45, 7) is 5.84. The molecule has 6 heteroatoms. The van der Waals surface area contributed by atoms with Crippen molar-refractivity contribution in [1.29, 1.82) is 0 Å². The van der Waals surface area contributed by atoms with Crippen LogP contribution in [0.25, 0.3) is 0 Å². The van der Waals surface area contributed by atoms with Gasteiger partial charge in [0, 0.05) is 10.3 Å². The van der Waals surface area contributed by atoms with E-state index in [1.54, 1.807) is 11.3 Å². The van der Waals surface area contributed by atoms with Gasteiger partial charge in [-0.2, -0.15) is 0 Å². The van der Waals surface area contributed by atoms with E-state index in [4.69, 9.17) is 18.0 Å². The molecule has 2 rings (SSSR count). The number of fused-ring (bicyclic) bond motifs is 1. The number of amidine groups is 1. The third-order valence-corrected chi connectivity index (χ3v) is 4.86. The minimum atomic E-state index is -0.267. The Bertz CT molecular complexity index is 573. The van der Waals surface area contributed by atoms with Gasteiger partial charge in [-0.05, 0) is 49.5 Å². The summed E-state index contributed by atoms with van der Waals surface area (Å²) >= 11 is 6.65. The summed E-state index contributed by atoms with van der Waals surface area (Å²) in [5, 5.41) is 2.77. The summed E-state index contributed by atoms with van der Waals surface area (Å²) in [5.74, 6) is 0.225. The molecule has 1 aliphatic rings. The van der Waals surface area contributed by atoms with Crippen molar-refractivity contribution >= 4 is 40.4 Å². The lowest BCUT2D eigenvalue weighted by Gasteiger charge is -2.17. The average Bonchev–Trinajstić information content (AvgIpc) is 2.81. The molecule has 0 aliphatic heterocycles. The van der Waals surface area contributed by atoms with Crippen molar-refractivity contribution in [1.82, 2.24) is 5.32 Å². The van der Waals surface area contributed by atoms with Crippen LogP contribution in [0.5, 0.6) is 0 Å². The summed E-state index contributed by atoms with van der Waals surface area (Å²) in [4.78, 5) is 18.3. The molecule has 1 amide bonds. The van der Waals surface area contributed by atoms with E-state index in [0.29, 0.717) is 10.7 Å². The molecule has 0 saturated carbocycles. The van der Waals surface area contributed by atoms with E-state index in [0.717, 1.165) is 12.8 Å². The van der Waals surface area contributed by atoms with Crippen molar-refractivity contribution in [2.24, 2.45) is 16.1 Å². The minimum absolute atomic E-state index is 0.124. The maximum Gasteiger partial charge on any atom is 0.267 e. The second-order valence-corrected chi connectivity index (χ2v) is 7.80. The van der Waals surface area contributed by atoms with E-state index >= 15 is 0 Å². The molecular formula is C15H21N3OS2. The molecule has 0 fully saturated rings. The third kappa shape index (κ3) is 4.11. The minimum Gasteiger partial charge on any atom is -0.387 e. The molecule has 114 valence electrons. The molecule has 1 aliphatic carbocycles. The lowest BCUT2D eigenvalue weighted by molar-refractivity contribution is 0.0981. The zero-order chi connectivity index (χ0) is 15.6. The van der Waals surface area contributed by atoms with Crippen molar-refractivity contribution in [2.45, 2.75) is 46.5 Å². The number of hydrogen-bond donors (Lipinski definition) is 2. The van der Waals surface area contributed by atoms with Crippen LogP contribution in [0.4, 0.5) is 0 Å². The third-order valence-electron chi connectivity index (χ3n) is 3.43. The topological polar surface area (TPSA) is 67.5 Å². The van der Waals surface area contributed by atoms with Gasteiger partial charge < -0.3 is 5.73 Å². The molecule has 0 spiro atoms. The van der Waals surface area contributed by atoms with Crippen molar-refractivity contribution in [3.8, 4) is 0 Å². The van der Waals surface area contributed by atoms with Gasteiger partial charge in [0.1, 0.15) is 5.84 Å². The highest BCUT2D eigenvalue weighted by atomic mass is 32.1. The Labute approximate surface area is 134 Å². The molecule has 1 heterocycles. The van der Waals surface area contributed by atoms with Gasteiger partial charge in [0.05, 0.1) is 4.88 Å². The van der Waals surface area contributed by atoms with Crippen molar-refractivity contribution in [2.75, 3.05) is 0 Å². The molecule has 1 aromatic heterocycles. The first kappa shape index (κ1) is 16.1. The number of rotatable bonds is 1. The largest absolute Gasteiger partial charge is 0.387 e. The summed E-state index contributed by atoms with van der Waals surface area (Å²) in [6, 6.07) is 1.98. The SMILES string of the molecule is CC(C)(C)C(N)=NC(=S)NC(=O)c1cc2c(s1)CCCC2. The Kier molecular flexibility index (Phi) is 4.78. The number of amides is 1. The molecular weight excluding hydrogens is 302 g/mol. The fraction of sp³-hybridized carbons (Fsp3) is 0.533. The van der Waals surface area contributed by atoms with Crippen LogP contribution in [0.2, 0.25) is 0 Å². The molecule has 21 heavy (non-hydrogen) atoms. The first-order valence-electron chi connectivity index (χ1n) is 7.09. The maximum absolute atomic E-state index is 12.2. The Morgan fingerprint density at radius 2 is 2.05 bits per heavy atom. The predicted molar refractivity (Wildman–Crippen MR) is 92.1 cm³/mol. The summed E-state index contributed by atoms with van der Waals surface area (Å²) < 4.78 is 0. The van der Waals surface area contributed by atoms with Gasteiger partial charge in [0.15, 0.2) is 0 Å². The number of nitrogens with zero attached hydrogens (tertiary/aromatic N) is 1. The number of hydrogen-bond acceptors (Lipinski definition) is 3. The Hall–Kier alpha value is -1.27. The number of aryl methyl sites for hydroxylation is 2. The van der Waals surface area contributed by atoms with Gasteiger partial charge in [-0.15, -0.1) is 11.3 Å². The number of aliphatic imine (C=N–C) groups is 1. The normalized spacial score (nSPS) is 15.5. The lowest BCUT2D eigenvalue weighted by atomic mass is 9.95. The van der Waals surface area contributed by atoms with E-state index in [2.05, 4.69) is 10.3 Å². The van der Waals surface area contributed by atoms with E-state index in [1.165, 1.54) is 23.3 Å². The van der Waals surface area contributed by atoms with E-state index < -0.39 is 0 Å². The highest BCUT2D eigenvalue weighted by molar-refractivity contribution is 7.80. The van der Waals surface area contributed by atoms with Crippen LogP contribution in [0.3, 0.4) is 0 Å². The molecule has 0 bridgehead atoms. The molecule has 0 aromatic carbocycles. The van der Waals surface area contributed by atoms with Gasteiger partial charge in [0.25, 0.3) is 5.91 Å². The lowest BCUT2D eigenvalue weighted by Crippen LogP contribution is -2.34. The van der Waals surface area contributed by atoms with Gasteiger partial charge in [-0.25, -0.2) is 4.99 Å². The van der Waals surface area contributed by atoms with E-state index in [9.17, 15) is 4.79 Å². The summed E-state index contributed by atoms with van der Waals surface area (Å²) in [7, 11) is 0. The fourth-order valence-corrected chi connectivity index (χ4v) is 3.41. The maximum atomic E-state index is 12.2. The average molecular weight is 323 g/mol. The number of nitrogens with two attached hydrogens (primary N) is 1. The van der Waals surface area contributed by atoms with E-state index in [1.807, 2.05) is 26.8 Å². The number of thiophene rings is 1. The number of carbonyl (C=O) groups excluding carboxylic acids is 1. The number of thiocarbonyl (C=S) groups is 1. The summed E-state index contributed by atoms with van der Waals surface area (Å²) in [6.07, 6.45) is 4.56. The zero-order valence-corrected chi connectivity index (χ0v) is 14.3.